The van der Waals surface area contributed by atoms with E-state index in [1.165, 1.54) is 50.1 Å². The van der Waals surface area contributed by atoms with Gasteiger partial charge in [0.05, 0.1) is 12.7 Å². The fourth-order valence-electron chi connectivity index (χ4n) is 3.71. The molecule has 2 aromatic rings. The first kappa shape index (κ1) is 18.0. The molecule has 1 fully saturated rings. The van der Waals surface area contributed by atoms with Gasteiger partial charge >= 0.3 is 5.97 Å². The van der Waals surface area contributed by atoms with Crippen LogP contribution in [0.15, 0.2) is 18.2 Å². The average Bonchev–Trinajstić information content (AvgIpc) is 2.87. The number of hydrogen-bond acceptors (Lipinski definition) is 4. The Morgan fingerprint density at radius 1 is 1.12 bits per heavy atom. The van der Waals surface area contributed by atoms with Crippen molar-refractivity contribution < 1.29 is 9.53 Å². The number of esters is 1. The lowest BCUT2D eigenvalue weighted by Crippen LogP contribution is -2.44. The van der Waals surface area contributed by atoms with Crippen molar-refractivity contribution >= 4 is 16.9 Å². The van der Waals surface area contributed by atoms with E-state index in [-0.39, 0.29) is 5.97 Å². The highest BCUT2D eigenvalue weighted by atomic mass is 16.5. The van der Waals surface area contributed by atoms with Gasteiger partial charge < -0.3 is 19.1 Å². The van der Waals surface area contributed by atoms with Crippen molar-refractivity contribution in [1.82, 2.24) is 14.4 Å². The zero-order chi connectivity index (χ0) is 18.0. The van der Waals surface area contributed by atoms with E-state index in [2.05, 4.69) is 41.3 Å². The minimum atomic E-state index is -0.276. The maximum Gasteiger partial charge on any atom is 0.337 e. The third-order valence-electron chi connectivity index (χ3n) is 5.51. The highest BCUT2D eigenvalue weighted by Crippen LogP contribution is 2.27. The molecule has 3 rings (SSSR count). The largest absolute Gasteiger partial charge is 0.465 e. The smallest absolute Gasteiger partial charge is 0.337 e. The van der Waals surface area contributed by atoms with Crippen molar-refractivity contribution in [3.63, 3.8) is 0 Å². The fraction of sp³-hybridized carbons (Fsp3) is 0.550. The Kier molecular flexibility index (Phi) is 5.45. The molecule has 25 heavy (non-hydrogen) atoms. The third kappa shape index (κ3) is 3.72. The molecule has 136 valence electrons. The van der Waals surface area contributed by atoms with Crippen LogP contribution in [-0.4, -0.2) is 67.2 Å². The number of benzene rings is 1. The summed E-state index contributed by atoms with van der Waals surface area (Å²) < 4.78 is 7.24. The van der Waals surface area contributed by atoms with Gasteiger partial charge in [0.2, 0.25) is 0 Å². The Morgan fingerprint density at radius 3 is 2.52 bits per heavy atom. The summed E-state index contributed by atoms with van der Waals surface area (Å²) >= 11 is 0. The molecule has 0 bridgehead atoms. The number of hydrogen-bond donors (Lipinski definition) is 0. The summed E-state index contributed by atoms with van der Waals surface area (Å²) in [5.74, 6) is -0.276. The number of methoxy groups -OCH3 is 1. The summed E-state index contributed by atoms with van der Waals surface area (Å²) in [6.45, 7) is 11.1. The van der Waals surface area contributed by atoms with Crippen LogP contribution in [0.3, 0.4) is 0 Å². The molecular formula is C20H29N3O2. The first-order valence-corrected chi connectivity index (χ1v) is 9.10. The topological polar surface area (TPSA) is 37.7 Å². The van der Waals surface area contributed by atoms with E-state index in [0.29, 0.717) is 5.56 Å². The monoisotopic (exact) mass is 343 g/mol. The number of aryl methyl sites for hydroxylation is 2. The maximum absolute atomic E-state index is 11.8. The number of likely N-dealkylation sites (N-methyl/N-ethyl adjacent to an activating group) is 1. The normalized spacial score (nSPS) is 16.5. The molecule has 1 saturated heterocycles. The Bertz CT molecular complexity index is 758. The van der Waals surface area contributed by atoms with Gasteiger partial charge in [0.25, 0.3) is 0 Å². The zero-order valence-corrected chi connectivity index (χ0v) is 15.8. The number of ether oxygens (including phenoxy) is 1. The second-order valence-electron chi connectivity index (χ2n) is 7.08. The Labute approximate surface area is 150 Å². The molecule has 1 aliphatic rings. The number of carbonyl (C=O) groups is 1. The minimum Gasteiger partial charge on any atom is -0.465 e. The number of carbonyl (C=O) groups excluding carboxylic acids is 1. The average molecular weight is 343 g/mol. The summed E-state index contributed by atoms with van der Waals surface area (Å²) in [6, 6.07) is 5.88. The van der Waals surface area contributed by atoms with Gasteiger partial charge in [-0.2, -0.15) is 0 Å². The molecule has 0 amide bonds. The van der Waals surface area contributed by atoms with Crippen molar-refractivity contribution in [2.24, 2.45) is 0 Å². The quantitative estimate of drug-likeness (QED) is 0.783. The van der Waals surface area contributed by atoms with Gasteiger partial charge in [-0.3, -0.25) is 0 Å². The third-order valence-corrected chi connectivity index (χ3v) is 5.51. The first-order chi connectivity index (χ1) is 12.0. The Morgan fingerprint density at radius 2 is 1.84 bits per heavy atom. The van der Waals surface area contributed by atoms with Crippen molar-refractivity contribution in [3.8, 4) is 0 Å². The van der Waals surface area contributed by atoms with E-state index < -0.39 is 0 Å². The van der Waals surface area contributed by atoms with Crippen LogP contribution in [0.25, 0.3) is 10.9 Å². The second-order valence-corrected chi connectivity index (χ2v) is 7.08. The van der Waals surface area contributed by atoms with Crippen LogP contribution < -0.4 is 0 Å². The molecule has 1 aliphatic heterocycles. The molecule has 0 unspecified atom stereocenters. The Hall–Kier alpha value is -1.85. The molecule has 0 atom stereocenters. The van der Waals surface area contributed by atoms with E-state index in [4.69, 9.17) is 4.74 Å². The van der Waals surface area contributed by atoms with Crippen LogP contribution in [0, 0.1) is 13.8 Å². The summed E-state index contributed by atoms with van der Waals surface area (Å²) in [4.78, 5) is 16.7. The van der Waals surface area contributed by atoms with Crippen molar-refractivity contribution in [2.45, 2.75) is 26.8 Å². The van der Waals surface area contributed by atoms with Crippen LogP contribution in [-0.2, 0) is 11.3 Å². The zero-order valence-electron chi connectivity index (χ0n) is 15.8. The molecule has 5 heteroatoms. The van der Waals surface area contributed by atoms with E-state index >= 15 is 0 Å². The number of rotatable bonds is 5. The van der Waals surface area contributed by atoms with Gasteiger partial charge in [-0.25, -0.2) is 4.79 Å². The number of piperazine rings is 1. The van der Waals surface area contributed by atoms with Gasteiger partial charge in [0, 0.05) is 49.3 Å². The van der Waals surface area contributed by atoms with Crippen LogP contribution in [0.4, 0.5) is 0 Å². The number of aromatic nitrogens is 1. The van der Waals surface area contributed by atoms with Crippen molar-refractivity contribution in [1.29, 1.82) is 0 Å². The minimum absolute atomic E-state index is 0.276. The van der Waals surface area contributed by atoms with Crippen LogP contribution in [0.5, 0.6) is 0 Å². The molecule has 5 nitrogen and oxygen atoms in total. The summed E-state index contributed by atoms with van der Waals surface area (Å²) in [5, 5.41) is 1.15. The second kappa shape index (κ2) is 7.58. The molecular weight excluding hydrogens is 314 g/mol. The van der Waals surface area contributed by atoms with Crippen LogP contribution >= 0.6 is 0 Å². The van der Waals surface area contributed by atoms with Gasteiger partial charge in [-0.15, -0.1) is 0 Å². The molecule has 0 saturated carbocycles. The van der Waals surface area contributed by atoms with Gasteiger partial charge in [0.15, 0.2) is 0 Å². The lowest BCUT2D eigenvalue weighted by Gasteiger charge is -2.32. The molecule has 0 N–H and O–H groups in total. The molecule has 1 aromatic carbocycles. The van der Waals surface area contributed by atoms with E-state index in [1.54, 1.807) is 0 Å². The van der Waals surface area contributed by atoms with Gasteiger partial charge in [-0.1, -0.05) is 0 Å². The van der Waals surface area contributed by atoms with Crippen molar-refractivity contribution in [3.05, 3.63) is 35.0 Å². The van der Waals surface area contributed by atoms with E-state index in [9.17, 15) is 4.79 Å². The van der Waals surface area contributed by atoms with Gasteiger partial charge in [-0.05, 0) is 57.6 Å². The molecule has 0 spiro atoms. The van der Waals surface area contributed by atoms with Crippen LogP contribution in [0.1, 0.15) is 28.0 Å². The molecule has 0 radical (unpaired) electrons. The molecule has 2 heterocycles. The summed E-state index contributed by atoms with van der Waals surface area (Å²) in [5.41, 5.74) is 4.37. The standard InChI is InChI=1S/C20H29N3O2/c1-15-16(2)23(9-5-8-22-12-10-21(3)11-13-22)19-7-6-17(14-18(15)19)20(24)25-4/h6-7,14H,5,8-13H2,1-4H3. The SMILES string of the molecule is COC(=O)c1ccc2c(c1)c(C)c(C)n2CCCN1CCN(C)CC1. The molecule has 1 aromatic heterocycles. The van der Waals surface area contributed by atoms with Gasteiger partial charge in [0.1, 0.15) is 0 Å². The maximum atomic E-state index is 11.8. The van der Waals surface area contributed by atoms with E-state index in [1.807, 2.05) is 12.1 Å². The van der Waals surface area contributed by atoms with Crippen LogP contribution in [0.2, 0.25) is 0 Å². The summed E-state index contributed by atoms with van der Waals surface area (Å²) in [6.07, 6.45) is 1.15. The Balaban J connectivity index is 1.73. The predicted molar refractivity (Wildman–Crippen MR) is 101 cm³/mol. The highest BCUT2D eigenvalue weighted by Gasteiger charge is 2.16. The summed E-state index contributed by atoms with van der Waals surface area (Å²) in [7, 11) is 3.62. The highest BCUT2D eigenvalue weighted by molar-refractivity contribution is 5.96. The number of fused-ring (bicyclic) bond motifs is 1. The predicted octanol–water partition coefficient (Wildman–Crippen LogP) is 2.68. The lowest BCUT2D eigenvalue weighted by atomic mass is 10.1. The molecule has 0 aliphatic carbocycles. The lowest BCUT2D eigenvalue weighted by molar-refractivity contribution is 0.0601. The number of nitrogens with zero attached hydrogens (tertiary/aromatic N) is 3. The fourth-order valence-corrected chi connectivity index (χ4v) is 3.71. The van der Waals surface area contributed by atoms with Crippen molar-refractivity contribution in [2.75, 3.05) is 46.9 Å². The first-order valence-electron chi connectivity index (χ1n) is 9.10. The van der Waals surface area contributed by atoms with E-state index in [0.717, 1.165) is 24.9 Å².